The summed E-state index contributed by atoms with van der Waals surface area (Å²) in [6.45, 7) is 2.03. The van der Waals surface area contributed by atoms with E-state index in [1.165, 1.54) is 18.2 Å². The van der Waals surface area contributed by atoms with Gasteiger partial charge in [-0.2, -0.15) is 5.26 Å². The third-order valence-electron chi connectivity index (χ3n) is 3.18. The van der Waals surface area contributed by atoms with E-state index in [1.807, 2.05) is 0 Å². The summed E-state index contributed by atoms with van der Waals surface area (Å²) in [6.07, 6.45) is 4.33. The molecule has 0 aliphatic heterocycles. The summed E-state index contributed by atoms with van der Waals surface area (Å²) < 4.78 is 18.1. The summed E-state index contributed by atoms with van der Waals surface area (Å²) in [7, 11) is 0. The van der Waals surface area contributed by atoms with E-state index in [0.717, 1.165) is 12.8 Å². The van der Waals surface area contributed by atoms with E-state index in [4.69, 9.17) is 4.74 Å². The number of esters is 1. The van der Waals surface area contributed by atoms with Gasteiger partial charge in [0, 0.05) is 6.08 Å². The first-order valence-electron chi connectivity index (χ1n) is 6.17. The maximum absolute atomic E-state index is 13.3. The smallest absolute Gasteiger partial charge is 0.330 e. The van der Waals surface area contributed by atoms with Crippen LogP contribution < -0.4 is 0 Å². The van der Waals surface area contributed by atoms with Gasteiger partial charge in [0.25, 0.3) is 0 Å². The van der Waals surface area contributed by atoms with Crippen molar-refractivity contribution in [2.24, 2.45) is 0 Å². The molecule has 98 valence electrons. The quantitative estimate of drug-likeness (QED) is 0.617. The molecule has 0 heterocycles. The Morgan fingerprint density at radius 2 is 2.32 bits per heavy atom. The van der Waals surface area contributed by atoms with Crippen molar-refractivity contribution in [3.63, 3.8) is 0 Å². The SMILES string of the molecule is CCOC(=O)/C=C/c1ccc(F)cc1C1(C#N)CC1. The van der Waals surface area contributed by atoms with E-state index in [9.17, 15) is 14.4 Å². The zero-order valence-electron chi connectivity index (χ0n) is 10.6. The lowest BCUT2D eigenvalue weighted by Crippen LogP contribution is -2.06. The fourth-order valence-corrected chi connectivity index (χ4v) is 2.00. The molecule has 1 aromatic carbocycles. The zero-order valence-corrected chi connectivity index (χ0v) is 10.6. The van der Waals surface area contributed by atoms with Gasteiger partial charge in [0.1, 0.15) is 5.82 Å². The Hall–Kier alpha value is -2.15. The first-order chi connectivity index (χ1) is 9.11. The molecule has 0 amide bonds. The predicted octanol–water partition coefficient (Wildman–Crippen LogP) is 2.96. The van der Waals surface area contributed by atoms with E-state index in [1.54, 1.807) is 19.1 Å². The fourth-order valence-electron chi connectivity index (χ4n) is 2.00. The molecule has 0 unspecified atom stereocenters. The van der Waals surface area contributed by atoms with Crippen LogP contribution in [0.5, 0.6) is 0 Å². The molecule has 0 aromatic heterocycles. The molecule has 0 N–H and O–H groups in total. The Morgan fingerprint density at radius 3 is 2.89 bits per heavy atom. The third-order valence-corrected chi connectivity index (χ3v) is 3.18. The van der Waals surface area contributed by atoms with Crippen molar-refractivity contribution in [1.82, 2.24) is 0 Å². The van der Waals surface area contributed by atoms with Crippen LogP contribution in [0.25, 0.3) is 6.08 Å². The molecule has 0 radical (unpaired) electrons. The number of ether oxygens (including phenoxy) is 1. The van der Waals surface area contributed by atoms with E-state index >= 15 is 0 Å². The maximum Gasteiger partial charge on any atom is 0.330 e. The molecule has 0 bridgehead atoms. The molecule has 1 aliphatic rings. The Labute approximate surface area is 111 Å². The summed E-state index contributed by atoms with van der Waals surface area (Å²) in [5.41, 5.74) is 0.750. The molecule has 1 aromatic rings. The van der Waals surface area contributed by atoms with Crippen LogP contribution in [-0.2, 0) is 14.9 Å². The van der Waals surface area contributed by atoms with E-state index < -0.39 is 11.4 Å². The van der Waals surface area contributed by atoms with E-state index in [2.05, 4.69) is 6.07 Å². The number of carbonyl (C=O) groups excluding carboxylic acids is 1. The van der Waals surface area contributed by atoms with Gasteiger partial charge < -0.3 is 4.74 Å². The van der Waals surface area contributed by atoms with Crippen molar-refractivity contribution in [1.29, 1.82) is 5.26 Å². The van der Waals surface area contributed by atoms with Crippen LogP contribution in [-0.4, -0.2) is 12.6 Å². The summed E-state index contributed by atoms with van der Waals surface area (Å²) >= 11 is 0. The monoisotopic (exact) mass is 259 g/mol. The van der Waals surface area contributed by atoms with Crippen molar-refractivity contribution in [2.45, 2.75) is 25.2 Å². The summed E-state index contributed by atoms with van der Waals surface area (Å²) in [5.74, 6) is -0.815. The number of nitriles is 1. The first kappa shape index (κ1) is 13.3. The van der Waals surface area contributed by atoms with Gasteiger partial charge >= 0.3 is 5.97 Å². The Bertz CT molecular complexity index is 568. The molecule has 4 heteroatoms. The number of carbonyl (C=O) groups is 1. The Morgan fingerprint density at radius 1 is 1.58 bits per heavy atom. The van der Waals surface area contributed by atoms with Gasteiger partial charge in [0.05, 0.1) is 18.1 Å². The van der Waals surface area contributed by atoms with Crippen molar-refractivity contribution in [2.75, 3.05) is 6.61 Å². The summed E-state index contributed by atoms with van der Waals surface area (Å²) in [5, 5.41) is 9.20. The van der Waals surface area contributed by atoms with Gasteiger partial charge in [-0.15, -0.1) is 0 Å². The third kappa shape index (κ3) is 2.82. The van der Waals surface area contributed by atoms with Gasteiger partial charge in [-0.3, -0.25) is 0 Å². The van der Waals surface area contributed by atoms with Gasteiger partial charge in [0.15, 0.2) is 0 Å². The maximum atomic E-state index is 13.3. The van der Waals surface area contributed by atoms with Crippen LogP contribution in [0, 0.1) is 17.1 Å². The highest BCUT2D eigenvalue weighted by atomic mass is 19.1. The number of benzene rings is 1. The van der Waals surface area contributed by atoms with Crippen LogP contribution >= 0.6 is 0 Å². The van der Waals surface area contributed by atoms with Crippen molar-refractivity contribution < 1.29 is 13.9 Å². The molecule has 1 fully saturated rings. The minimum atomic E-state index is -0.587. The lowest BCUT2D eigenvalue weighted by molar-refractivity contribution is -0.137. The highest BCUT2D eigenvalue weighted by Crippen LogP contribution is 2.49. The van der Waals surface area contributed by atoms with E-state index in [0.29, 0.717) is 17.7 Å². The molecule has 2 rings (SSSR count). The molecule has 3 nitrogen and oxygen atoms in total. The molecule has 19 heavy (non-hydrogen) atoms. The van der Waals surface area contributed by atoms with Crippen LogP contribution in [0.2, 0.25) is 0 Å². The van der Waals surface area contributed by atoms with Crippen LogP contribution in [0.3, 0.4) is 0 Å². The molecule has 0 spiro atoms. The number of hydrogen-bond donors (Lipinski definition) is 0. The number of nitrogens with zero attached hydrogens (tertiary/aromatic N) is 1. The fraction of sp³-hybridized carbons (Fsp3) is 0.333. The van der Waals surface area contributed by atoms with Crippen LogP contribution in [0.4, 0.5) is 4.39 Å². The van der Waals surface area contributed by atoms with Gasteiger partial charge in [-0.25, -0.2) is 9.18 Å². The Kier molecular flexibility index (Phi) is 3.66. The average Bonchev–Trinajstić information content (AvgIpc) is 3.18. The highest BCUT2D eigenvalue weighted by Gasteiger charge is 2.46. The lowest BCUT2D eigenvalue weighted by atomic mass is 9.92. The van der Waals surface area contributed by atoms with Crippen molar-refractivity contribution in [3.8, 4) is 6.07 Å². The minimum Gasteiger partial charge on any atom is -0.463 e. The molecule has 1 aliphatic carbocycles. The molecular formula is C15H14FNO2. The number of hydrogen-bond acceptors (Lipinski definition) is 3. The largest absolute Gasteiger partial charge is 0.463 e. The molecule has 1 saturated carbocycles. The predicted molar refractivity (Wildman–Crippen MR) is 68.6 cm³/mol. The molecule has 0 saturated heterocycles. The molecular weight excluding hydrogens is 245 g/mol. The van der Waals surface area contributed by atoms with Crippen LogP contribution in [0.1, 0.15) is 30.9 Å². The van der Waals surface area contributed by atoms with Crippen molar-refractivity contribution >= 4 is 12.0 Å². The molecule has 0 atom stereocenters. The van der Waals surface area contributed by atoms with Gasteiger partial charge in [0.2, 0.25) is 0 Å². The second-order valence-electron chi connectivity index (χ2n) is 4.51. The minimum absolute atomic E-state index is 0.307. The summed E-state index contributed by atoms with van der Waals surface area (Å²) in [6, 6.07) is 6.51. The second-order valence-corrected chi connectivity index (χ2v) is 4.51. The first-order valence-corrected chi connectivity index (χ1v) is 6.17. The topological polar surface area (TPSA) is 50.1 Å². The van der Waals surface area contributed by atoms with Crippen LogP contribution in [0.15, 0.2) is 24.3 Å². The van der Waals surface area contributed by atoms with Gasteiger partial charge in [-0.1, -0.05) is 6.07 Å². The standard InChI is InChI=1S/C15H14FNO2/c1-2-19-14(18)6-4-11-3-5-12(16)9-13(11)15(10-17)7-8-15/h3-6,9H,2,7-8H2,1H3/b6-4+. The summed E-state index contributed by atoms with van der Waals surface area (Å²) in [4.78, 5) is 11.3. The highest BCUT2D eigenvalue weighted by molar-refractivity contribution is 5.87. The Balaban J connectivity index is 2.31. The zero-order chi connectivity index (χ0) is 13.9. The average molecular weight is 259 g/mol. The second kappa shape index (κ2) is 5.23. The van der Waals surface area contributed by atoms with Crippen molar-refractivity contribution in [3.05, 3.63) is 41.2 Å². The normalized spacial score (nSPS) is 16.1. The number of halogens is 1. The van der Waals surface area contributed by atoms with Gasteiger partial charge in [-0.05, 0) is 49.1 Å². The van der Waals surface area contributed by atoms with E-state index in [-0.39, 0.29) is 5.82 Å². The number of rotatable bonds is 4. The lowest BCUT2D eigenvalue weighted by Gasteiger charge is -2.10.